The number of hydrogen-bond acceptors (Lipinski definition) is 7. The van der Waals surface area contributed by atoms with E-state index >= 15 is 0 Å². The first-order chi connectivity index (χ1) is 12.1. The highest BCUT2D eigenvalue weighted by Gasteiger charge is 2.14. The molecule has 2 N–H and O–H groups in total. The van der Waals surface area contributed by atoms with E-state index < -0.39 is 11.7 Å². The summed E-state index contributed by atoms with van der Waals surface area (Å²) in [6.45, 7) is 1.85. The standard InChI is InChI=1S/C15H14FN7O2/c1-8-18-11(14-20-22-23-21-14)6-12(19-8)15(24)17-7-9-3-4-10(16)13(5-9)25-2/h3-6H,7H2,1-2H3,(H,17,24)(H,20,21,22,23). The average molecular weight is 343 g/mol. The predicted octanol–water partition coefficient (Wildman–Crippen LogP) is 1.04. The second kappa shape index (κ2) is 6.99. The van der Waals surface area contributed by atoms with Gasteiger partial charge in [-0.1, -0.05) is 6.07 Å². The van der Waals surface area contributed by atoms with E-state index in [1.54, 1.807) is 13.0 Å². The van der Waals surface area contributed by atoms with E-state index in [1.165, 1.54) is 25.3 Å². The quantitative estimate of drug-likeness (QED) is 0.710. The van der Waals surface area contributed by atoms with Gasteiger partial charge in [0.1, 0.15) is 17.2 Å². The van der Waals surface area contributed by atoms with Crippen LogP contribution in [0.5, 0.6) is 5.75 Å². The van der Waals surface area contributed by atoms with Gasteiger partial charge in [0, 0.05) is 6.54 Å². The molecule has 9 nitrogen and oxygen atoms in total. The molecule has 0 unspecified atom stereocenters. The van der Waals surface area contributed by atoms with Gasteiger partial charge in [0.2, 0.25) is 5.82 Å². The van der Waals surface area contributed by atoms with Crippen molar-refractivity contribution >= 4 is 5.91 Å². The molecule has 0 aliphatic rings. The number of halogens is 1. The lowest BCUT2D eigenvalue weighted by Gasteiger charge is -2.08. The van der Waals surface area contributed by atoms with Gasteiger partial charge < -0.3 is 10.1 Å². The van der Waals surface area contributed by atoms with Crippen LogP contribution in [0.1, 0.15) is 21.9 Å². The van der Waals surface area contributed by atoms with Crippen molar-refractivity contribution in [2.45, 2.75) is 13.5 Å². The lowest BCUT2D eigenvalue weighted by Crippen LogP contribution is -2.24. The summed E-state index contributed by atoms with van der Waals surface area (Å²) in [6, 6.07) is 5.83. The van der Waals surface area contributed by atoms with Crippen LogP contribution in [0.2, 0.25) is 0 Å². The smallest absolute Gasteiger partial charge is 0.270 e. The van der Waals surface area contributed by atoms with Crippen molar-refractivity contribution in [3.05, 3.63) is 47.2 Å². The first-order valence-electron chi connectivity index (χ1n) is 7.27. The van der Waals surface area contributed by atoms with Gasteiger partial charge in [0.05, 0.1) is 7.11 Å². The van der Waals surface area contributed by atoms with E-state index in [9.17, 15) is 9.18 Å². The minimum Gasteiger partial charge on any atom is -0.494 e. The minimum absolute atomic E-state index is 0.115. The third-order valence-electron chi connectivity index (χ3n) is 3.31. The van der Waals surface area contributed by atoms with Crippen LogP contribution in [0.15, 0.2) is 24.3 Å². The molecule has 0 saturated carbocycles. The van der Waals surface area contributed by atoms with Crippen LogP contribution < -0.4 is 10.1 Å². The summed E-state index contributed by atoms with van der Waals surface area (Å²) < 4.78 is 18.3. The summed E-state index contributed by atoms with van der Waals surface area (Å²) in [5, 5.41) is 16.2. The van der Waals surface area contributed by atoms with E-state index in [0.717, 1.165) is 0 Å². The number of nitrogens with one attached hydrogen (secondary N) is 2. The molecule has 0 radical (unpaired) electrons. The largest absolute Gasteiger partial charge is 0.494 e. The Morgan fingerprint density at radius 1 is 1.32 bits per heavy atom. The number of carbonyl (C=O) groups excluding carboxylic acids is 1. The highest BCUT2D eigenvalue weighted by molar-refractivity contribution is 5.93. The normalized spacial score (nSPS) is 10.5. The van der Waals surface area contributed by atoms with Crippen LogP contribution in [0.4, 0.5) is 4.39 Å². The molecule has 0 bridgehead atoms. The molecule has 1 aromatic carbocycles. The molecule has 2 aromatic heterocycles. The van der Waals surface area contributed by atoms with E-state index in [1.807, 2.05) is 0 Å². The molecule has 1 amide bonds. The average Bonchev–Trinajstić information content (AvgIpc) is 3.15. The summed E-state index contributed by atoms with van der Waals surface area (Å²) in [4.78, 5) is 20.6. The highest BCUT2D eigenvalue weighted by Crippen LogP contribution is 2.18. The third kappa shape index (κ3) is 3.74. The number of tetrazole rings is 1. The van der Waals surface area contributed by atoms with Gasteiger partial charge in [0.25, 0.3) is 5.91 Å². The summed E-state index contributed by atoms with van der Waals surface area (Å²) in [5.41, 5.74) is 1.24. The fraction of sp³-hybridized carbons (Fsp3) is 0.200. The lowest BCUT2D eigenvalue weighted by molar-refractivity contribution is 0.0945. The van der Waals surface area contributed by atoms with Gasteiger partial charge in [-0.25, -0.2) is 14.4 Å². The Hall–Kier alpha value is -3.43. The van der Waals surface area contributed by atoms with E-state index in [2.05, 4.69) is 35.9 Å². The van der Waals surface area contributed by atoms with Crippen LogP contribution >= 0.6 is 0 Å². The van der Waals surface area contributed by atoms with Crippen molar-refractivity contribution in [3.8, 4) is 17.3 Å². The van der Waals surface area contributed by atoms with Gasteiger partial charge >= 0.3 is 0 Å². The van der Waals surface area contributed by atoms with Crippen molar-refractivity contribution in [1.29, 1.82) is 0 Å². The van der Waals surface area contributed by atoms with Crippen molar-refractivity contribution in [1.82, 2.24) is 35.9 Å². The molecular formula is C15H14FN7O2. The van der Waals surface area contributed by atoms with Crippen molar-refractivity contribution in [3.63, 3.8) is 0 Å². The van der Waals surface area contributed by atoms with Crippen LogP contribution in [0, 0.1) is 12.7 Å². The number of amides is 1. The molecule has 0 atom stereocenters. The Morgan fingerprint density at radius 2 is 2.16 bits per heavy atom. The van der Waals surface area contributed by atoms with E-state index in [4.69, 9.17) is 4.74 Å². The van der Waals surface area contributed by atoms with Crippen LogP contribution in [0.25, 0.3) is 11.5 Å². The van der Waals surface area contributed by atoms with Gasteiger partial charge in [-0.05, 0) is 35.9 Å². The number of nitrogens with zero attached hydrogens (tertiary/aromatic N) is 5. The van der Waals surface area contributed by atoms with Gasteiger partial charge in [-0.3, -0.25) is 4.79 Å². The molecule has 0 saturated heterocycles. The van der Waals surface area contributed by atoms with Crippen molar-refractivity contribution < 1.29 is 13.9 Å². The number of aromatic nitrogens is 6. The molecule has 0 aliphatic carbocycles. The molecular weight excluding hydrogens is 329 g/mol. The van der Waals surface area contributed by atoms with Crippen molar-refractivity contribution in [2.24, 2.45) is 0 Å². The van der Waals surface area contributed by atoms with Gasteiger partial charge in [-0.2, -0.15) is 5.21 Å². The monoisotopic (exact) mass is 343 g/mol. The van der Waals surface area contributed by atoms with Crippen molar-refractivity contribution in [2.75, 3.05) is 7.11 Å². The Morgan fingerprint density at radius 3 is 2.88 bits per heavy atom. The first-order valence-corrected chi connectivity index (χ1v) is 7.27. The maximum absolute atomic E-state index is 13.4. The molecule has 0 spiro atoms. The lowest BCUT2D eigenvalue weighted by atomic mass is 10.2. The fourth-order valence-electron chi connectivity index (χ4n) is 2.16. The fourth-order valence-corrected chi connectivity index (χ4v) is 2.16. The highest BCUT2D eigenvalue weighted by atomic mass is 19.1. The topological polar surface area (TPSA) is 119 Å². The van der Waals surface area contributed by atoms with Gasteiger partial charge in [-0.15, -0.1) is 10.2 Å². The maximum Gasteiger partial charge on any atom is 0.270 e. The van der Waals surface area contributed by atoms with E-state index in [0.29, 0.717) is 17.1 Å². The number of hydrogen-bond donors (Lipinski definition) is 2. The number of rotatable bonds is 5. The predicted molar refractivity (Wildman–Crippen MR) is 84.1 cm³/mol. The Balaban J connectivity index is 1.75. The number of benzene rings is 1. The summed E-state index contributed by atoms with van der Waals surface area (Å²) >= 11 is 0. The number of methoxy groups -OCH3 is 1. The van der Waals surface area contributed by atoms with E-state index in [-0.39, 0.29) is 23.8 Å². The number of aryl methyl sites for hydroxylation is 1. The molecule has 128 valence electrons. The Bertz CT molecular complexity index is 899. The summed E-state index contributed by atoms with van der Waals surface area (Å²) in [7, 11) is 1.38. The number of H-pyrrole nitrogens is 1. The SMILES string of the molecule is COc1cc(CNC(=O)c2cc(-c3nn[nH]n3)nc(C)n2)ccc1F. The molecule has 0 aliphatic heterocycles. The summed E-state index contributed by atoms with van der Waals surface area (Å²) in [5.74, 6) is -0.0879. The minimum atomic E-state index is -0.464. The van der Waals surface area contributed by atoms with Gasteiger partial charge in [0.15, 0.2) is 11.6 Å². The Kier molecular flexibility index (Phi) is 4.59. The molecule has 3 rings (SSSR count). The third-order valence-corrected chi connectivity index (χ3v) is 3.31. The number of aromatic amines is 1. The number of carbonyl (C=O) groups is 1. The molecule has 25 heavy (non-hydrogen) atoms. The van der Waals surface area contributed by atoms with Crippen LogP contribution in [-0.2, 0) is 6.54 Å². The number of ether oxygens (including phenoxy) is 1. The first kappa shape index (κ1) is 16.4. The zero-order valence-electron chi connectivity index (χ0n) is 13.4. The molecule has 3 aromatic rings. The van der Waals surface area contributed by atoms with Crippen LogP contribution in [0.3, 0.4) is 0 Å². The molecule has 10 heteroatoms. The zero-order chi connectivity index (χ0) is 17.8. The second-order valence-corrected chi connectivity index (χ2v) is 5.07. The zero-order valence-corrected chi connectivity index (χ0v) is 13.4. The molecule has 2 heterocycles. The summed E-state index contributed by atoms with van der Waals surface area (Å²) in [6.07, 6.45) is 0. The Labute approximate surface area is 141 Å². The maximum atomic E-state index is 13.4. The molecule has 0 fully saturated rings. The second-order valence-electron chi connectivity index (χ2n) is 5.07. The van der Waals surface area contributed by atoms with Crippen LogP contribution in [-0.4, -0.2) is 43.6 Å².